The largest absolute Gasteiger partial charge is 0.498 e. The van der Waals surface area contributed by atoms with E-state index in [9.17, 15) is 0 Å². The molecule has 0 aromatic heterocycles. The van der Waals surface area contributed by atoms with E-state index < -0.39 is 0 Å². The van der Waals surface area contributed by atoms with Gasteiger partial charge in [-0.1, -0.05) is 13.8 Å². The zero-order chi connectivity index (χ0) is 7.40. The highest BCUT2D eigenvalue weighted by Gasteiger charge is 2.11. The van der Waals surface area contributed by atoms with E-state index in [0.717, 1.165) is 25.4 Å². The molecule has 0 aromatic carbocycles. The van der Waals surface area contributed by atoms with Crippen molar-refractivity contribution >= 4 is 0 Å². The maximum Gasteiger partial charge on any atom is 0.0920 e. The zero-order valence-corrected chi connectivity index (χ0v) is 6.89. The van der Waals surface area contributed by atoms with E-state index in [1.54, 1.807) is 0 Å². The van der Waals surface area contributed by atoms with Crippen LogP contribution < -0.4 is 0 Å². The lowest BCUT2D eigenvalue weighted by atomic mass is 10.0. The SMILES string of the molecule is CC/C=C1/CCC(C)CO1. The molecule has 0 saturated carbocycles. The average molecular weight is 140 g/mol. The fraction of sp³-hybridized carbons (Fsp3) is 0.778. The number of hydrogen-bond acceptors (Lipinski definition) is 1. The van der Waals surface area contributed by atoms with Crippen molar-refractivity contribution in [3.8, 4) is 0 Å². The normalized spacial score (nSPS) is 30.2. The van der Waals surface area contributed by atoms with Crippen LogP contribution in [0.3, 0.4) is 0 Å². The van der Waals surface area contributed by atoms with Gasteiger partial charge in [-0.3, -0.25) is 0 Å². The summed E-state index contributed by atoms with van der Waals surface area (Å²) in [4.78, 5) is 0. The summed E-state index contributed by atoms with van der Waals surface area (Å²) < 4.78 is 5.49. The van der Waals surface area contributed by atoms with Gasteiger partial charge < -0.3 is 4.74 Å². The third-order valence-corrected chi connectivity index (χ3v) is 1.87. The highest BCUT2D eigenvalue weighted by molar-refractivity contribution is 4.94. The van der Waals surface area contributed by atoms with Crippen molar-refractivity contribution < 1.29 is 4.74 Å². The third-order valence-electron chi connectivity index (χ3n) is 1.87. The van der Waals surface area contributed by atoms with Crippen LogP contribution in [-0.2, 0) is 4.74 Å². The molecule has 1 nitrogen and oxygen atoms in total. The smallest absolute Gasteiger partial charge is 0.0920 e. The second kappa shape index (κ2) is 3.65. The Bertz CT molecular complexity index is 117. The van der Waals surface area contributed by atoms with Gasteiger partial charge in [0.1, 0.15) is 0 Å². The molecular formula is C9H16O. The monoisotopic (exact) mass is 140 g/mol. The molecule has 1 heterocycles. The molecule has 0 aliphatic carbocycles. The van der Waals surface area contributed by atoms with Gasteiger partial charge in [0.05, 0.1) is 12.4 Å². The van der Waals surface area contributed by atoms with Crippen LogP contribution in [0.2, 0.25) is 0 Å². The van der Waals surface area contributed by atoms with Crippen LogP contribution in [0.15, 0.2) is 11.8 Å². The minimum atomic E-state index is 0.758. The van der Waals surface area contributed by atoms with Crippen molar-refractivity contribution in [2.45, 2.75) is 33.1 Å². The predicted molar refractivity (Wildman–Crippen MR) is 42.7 cm³/mol. The van der Waals surface area contributed by atoms with Crippen molar-refractivity contribution in [2.24, 2.45) is 5.92 Å². The lowest BCUT2D eigenvalue weighted by Gasteiger charge is -2.21. The average Bonchev–Trinajstić information content (AvgIpc) is 1.95. The maximum atomic E-state index is 5.49. The zero-order valence-electron chi connectivity index (χ0n) is 6.89. The number of ether oxygens (including phenoxy) is 1. The van der Waals surface area contributed by atoms with Gasteiger partial charge in [-0.25, -0.2) is 0 Å². The summed E-state index contributed by atoms with van der Waals surface area (Å²) in [7, 11) is 0. The van der Waals surface area contributed by atoms with Gasteiger partial charge in [0, 0.05) is 6.42 Å². The summed E-state index contributed by atoms with van der Waals surface area (Å²) in [5, 5.41) is 0. The van der Waals surface area contributed by atoms with Crippen LogP contribution in [0.25, 0.3) is 0 Å². The first-order chi connectivity index (χ1) is 4.83. The Morgan fingerprint density at radius 1 is 1.70 bits per heavy atom. The molecule has 1 unspecified atom stereocenters. The summed E-state index contributed by atoms with van der Waals surface area (Å²) in [6, 6.07) is 0. The Hall–Kier alpha value is -0.460. The first kappa shape index (κ1) is 7.64. The molecule has 1 aliphatic rings. The maximum absolute atomic E-state index is 5.49. The van der Waals surface area contributed by atoms with Crippen LogP contribution in [0.4, 0.5) is 0 Å². The second-order valence-corrected chi connectivity index (χ2v) is 3.03. The molecule has 0 spiro atoms. The quantitative estimate of drug-likeness (QED) is 0.544. The molecule has 0 amide bonds. The highest BCUT2D eigenvalue weighted by Crippen LogP contribution is 2.20. The minimum Gasteiger partial charge on any atom is -0.498 e. The number of allylic oxidation sites excluding steroid dienone is 2. The van der Waals surface area contributed by atoms with Gasteiger partial charge in [-0.2, -0.15) is 0 Å². The van der Waals surface area contributed by atoms with Crippen molar-refractivity contribution in [2.75, 3.05) is 6.61 Å². The molecule has 0 bridgehead atoms. The Labute approximate surface area is 63.1 Å². The van der Waals surface area contributed by atoms with Crippen molar-refractivity contribution in [1.82, 2.24) is 0 Å². The summed E-state index contributed by atoms with van der Waals surface area (Å²) in [6.45, 7) is 5.31. The molecule has 10 heavy (non-hydrogen) atoms. The van der Waals surface area contributed by atoms with Gasteiger partial charge in [0.25, 0.3) is 0 Å². The van der Waals surface area contributed by atoms with E-state index >= 15 is 0 Å². The molecule has 1 atom stereocenters. The van der Waals surface area contributed by atoms with Gasteiger partial charge >= 0.3 is 0 Å². The first-order valence-corrected chi connectivity index (χ1v) is 4.14. The molecule has 1 heteroatoms. The topological polar surface area (TPSA) is 9.23 Å². The summed E-state index contributed by atoms with van der Waals surface area (Å²) in [5.74, 6) is 1.97. The lowest BCUT2D eigenvalue weighted by Crippen LogP contribution is -2.12. The van der Waals surface area contributed by atoms with Gasteiger partial charge in [-0.15, -0.1) is 0 Å². The fourth-order valence-corrected chi connectivity index (χ4v) is 1.18. The summed E-state index contributed by atoms with van der Waals surface area (Å²) in [6.07, 6.45) is 5.73. The predicted octanol–water partition coefficient (Wildman–Crippen LogP) is 2.73. The molecule has 1 fully saturated rings. The Morgan fingerprint density at radius 2 is 2.50 bits per heavy atom. The summed E-state index contributed by atoms with van der Waals surface area (Å²) >= 11 is 0. The molecule has 1 aliphatic heterocycles. The fourth-order valence-electron chi connectivity index (χ4n) is 1.18. The Kier molecular flexibility index (Phi) is 2.79. The Balaban J connectivity index is 2.32. The van der Waals surface area contributed by atoms with Crippen LogP contribution in [0.1, 0.15) is 33.1 Å². The van der Waals surface area contributed by atoms with Crippen LogP contribution in [-0.4, -0.2) is 6.61 Å². The second-order valence-electron chi connectivity index (χ2n) is 3.03. The van der Waals surface area contributed by atoms with Crippen LogP contribution >= 0.6 is 0 Å². The molecule has 58 valence electrons. The van der Waals surface area contributed by atoms with E-state index in [-0.39, 0.29) is 0 Å². The van der Waals surface area contributed by atoms with Crippen LogP contribution in [0.5, 0.6) is 0 Å². The van der Waals surface area contributed by atoms with Gasteiger partial charge in [0.15, 0.2) is 0 Å². The molecular weight excluding hydrogens is 124 g/mol. The van der Waals surface area contributed by atoms with E-state index in [1.807, 2.05) is 0 Å². The number of rotatable bonds is 1. The van der Waals surface area contributed by atoms with E-state index in [0.29, 0.717) is 0 Å². The minimum absolute atomic E-state index is 0.758. The van der Waals surface area contributed by atoms with E-state index in [2.05, 4.69) is 19.9 Å². The van der Waals surface area contributed by atoms with Crippen molar-refractivity contribution in [3.63, 3.8) is 0 Å². The molecule has 0 aromatic rings. The van der Waals surface area contributed by atoms with Gasteiger partial charge in [0.2, 0.25) is 0 Å². The summed E-state index contributed by atoms with van der Waals surface area (Å²) in [5.41, 5.74) is 0. The molecule has 1 rings (SSSR count). The highest BCUT2D eigenvalue weighted by atomic mass is 16.5. The molecule has 0 radical (unpaired) electrons. The first-order valence-electron chi connectivity index (χ1n) is 4.14. The number of hydrogen-bond donors (Lipinski definition) is 0. The lowest BCUT2D eigenvalue weighted by molar-refractivity contribution is 0.122. The van der Waals surface area contributed by atoms with E-state index in [4.69, 9.17) is 4.74 Å². The molecule has 0 N–H and O–H groups in total. The van der Waals surface area contributed by atoms with Gasteiger partial charge in [-0.05, 0) is 24.8 Å². The van der Waals surface area contributed by atoms with Crippen molar-refractivity contribution in [1.29, 1.82) is 0 Å². The Morgan fingerprint density at radius 3 is 3.00 bits per heavy atom. The molecule has 1 saturated heterocycles. The van der Waals surface area contributed by atoms with Crippen LogP contribution in [0, 0.1) is 5.92 Å². The van der Waals surface area contributed by atoms with Crippen molar-refractivity contribution in [3.05, 3.63) is 11.8 Å². The standard InChI is InChI=1S/C9H16O/c1-3-4-9-6-5-8(2)7-10-9/h4,8H,3,5-7H2,1-2H3/b9-4-. The third kappa shape index (κ3) is 2.05. The van der Waals surface area contributed by atoms with E-state index in [1.165, 1.54) is 12.2 Å².